The molecule has 0 bridgehead atoms. The van der Waals surface area contributed by atoms with Gasteiger partial charge in [0.05, 0.1) is 11.1 Å². The smallest absolute Gasteiger partial charge is 0.337 e. The largest absolute Gasteiger partial charge is 0.478 e. The normalized spacial score (nSPS) is 15.8. The first-order valence-electron chi connectivity index (χ1n) is 7.09. The number of imidazole rings is 1. The molecule has 3 rings (SSSR count). The second-order valence-electron chi connectivity index (χ2n) is 6.87. The average Bonchev–Trinajstić information content (AvgIpc) is 3.11. The molecule has 0 atom stereocenters. The fourth-order valence-corrected chi connectivity index (χ4v) is 2.63. The molecule has 0 aliphatic heterocycles. The topological polar surface area (TPSA) is 55.1 Å². The predicted octanol–water partition coefficient (Wildman–Crippen LogP) is 3.66. The molecule has 0 amide bonds. The molecule has 1 aliphatic rings. The van der Waals surface area contributed by atoms with Gasteiger partial charge >= 0.3 is 5.97 Å². The molecule has 20 heavy (non-hydrogen) atoms. The molecule has 1 aliphatic carbocycles. The lowest BCUT2D eigenvalue weighted by molar-refractivity contribution is 0.0699. The Morgan fingerprint density at radius 2 is 2.10 bits per heavy atom. The van der Waals surface area contributed by atoms with E-state index < -0.39 is 5.97 Å². The second-order valence-corrected chi connectivity index (χ2v) is 6.87. The fraction of sp³-hybridized carbons (Fsp3) is 0.500. The molecule has 1 N–H and O–H groups in total. The highest BCUT2D eigenvalue weighted by Gasteiger charge is 2.31. The maximum atomic E-state index is 11.4. The number of benzene rings is 1. The van der Waals surface area contributed by atoms with E-state index in [1.807, 2.05) is 12.1 Å². The number of carboxylic acids is 1. The van der Waals surface area contributed by atoms with Gasteiger partial charge in [0.15, 0.2) is 0 Å². The Labute approximate surface area is 118 Å². The van der Waals surface area contributed by atoms with E-state index in [1.165, 1.54) is 0 Å². The minimum atomic E-state index is -0.904. The van der Waals surface area contributed by atoms with Crippen LogP contribution in [0, 0.1) is 5.41 Å². The van der Waals surface area contributed by atoms with Crippen LogP contribution in [0.15, 0.2) is 18.2 Å². The van der Waals surface area contributed by atoms with Crippen molar-refractivity contribution < 1.29 is 9.90 Å². The number of fused-ring (bicyclic) bond motifs is 1. The highest BCUT2D eigenvalue weighted by atomic mass is 16.4. The number of aromatic nitrogens is 2. The van der Waals surface area contributed by atoms with Crippen LogP contribution in [0.1, 0.15) is 55.7 Å². The number of hydrogen-bond acceptors (Lipinski definition) is 2. The van der Waals surface area contributed by atoms with Crippen molar-refractivity contribution in [1.82, 2.24) is 9.55 Å². The summed E-state index contributed by atoms with van der Waals surface area (Å²) in [6.07, 6.45) is 2.33. The lowest BCUT2D eigenvalue weighted by Crippen LogP contribution is -2.17. The molecule has 0 radical (unpaired) electrons. The highest BCUT2D eigenvalue weighted by Crippen LogP contribution is 2.41. The van der Waals surface area contributed by atoms with Crippen molar-refractivity contribution in [2.24, 2.45) is 5.41 Å². The number of aromatic carboxylic acids is 1. The zero-order valence-corrected chi connectivity index (χ0v) is 12.2. The SMILES string of the molecule is CC(C)(C)Cn1c(C2CC2)nc2c(C(=O)O)cccc21. The van der Waals surface area contributed by atoms with Gasteiger partial charge in [0, 0.05) is 12.5 Å². The summed E-state index contributed by atoms with van der Waals surface area (Å²) < 4.78 is 2.22. The van der Waals surface area contributed by atoms with Gasteiger partial charge in [0.25, 0.3) is 0 Å². The molecule has 1 saturated carbocycles. The molecule has 1 fully saturated rings. The zero-order valence-electron chi connectivity index (χ0n) is 12.2. The van der Waals surface area contributed by atoms with E-state index >= 15 is 0 Å². The van der Waals surface area contributed by atoms with Gasteiger partial charge in [0.1, 0.15) is 11.3 Å². The molecule has 0 spiro atoms. The molecule has 4 heteroatoms. The first-order chi connectivity index (χ1) is 9.37. The van der Waals surface area contributed by atoms with E-state index in [1.54, 1.807) is 6.07 Å². The van der Waals surface area contributed by atoms with E-state index in [0.717, 1.165) is 30.7 Å². The molecule has 106 valence electrons. The summed E-state index contributed by atoms with van der Waals surface area (Å²) in [5, 5.41) is 9.32. The van der Waals surface area contributed by atoms with Crippen molar-refractivity contribution >= 4 is 17.0 Å². The number of hydrogen-bond donors (Lipinski definition) is 1. The van der Waals surface area contributed by atoms with E-state index in [2.05, 4.69) is 30.3 Å². The number of para-hydroxylation sites is 1. The Kier molecular flexibility index (Phi) is 2.85. The third-order valence-electron chi connectivity index (χ3n) is 3.61. The lowest BCUT2D eigenvalue weighted by atomic mass is 9.96. The molecule has 1 aromatic heterocycles. The van der Waals surface area contributed by atoms with Crippen LogP contribution in [0.3, 0.4) is 0 Å². The first-order valence-corrected chi connectivity index (χ1v) is 7.09. The van der Waals surface area contributed by atoms with Gasteiger partial charge in [-0.3, -0.25) is 0 Å². The highest BCUT2D eigenvalue weighted by molar-refractivity contribution is 6.01. The second kappa shape index (κ2) is 4.33. The van der Waals surface area contributed by atoms with Gasteiger partial charge < -0.3 is 9.67 Å². The van der Waals surface area contributed by atoms with Crippen molar-refractivity contribution in [2.45, 2.75) is 46.1 Å². The Morgan fingerprint density at radius 1 is 1.40 bits per heavy atom. The Morgan fingerprint density at radius 3 is 2.65 bits per heavy atom. The Bertz CT molecular complexity index is 676. The Hall–Kier alpha value is -1.84. The summed E-state index contributed by atoms with van der Waals surface area (Å²) in [7, 11) is 0. The van der Waals surface area contributed by atoms with Crippen LogP contribution in [0.4, 0.5) is 0 Å². The molecule has 4 nitrogen and oxygen atoms in total. The van der Waals surface area contributed by atoms with Crippen LogP contribution in [0.25, 0.3) is 11.0 Å². The van der Waals surface area contributed by atoms with E-state index in [9.17, 15) is 9.90 Å². The van der Waals surface area contributed by atoms with Crippen LogP contribution < -0.4 is 0 Å². The third kappa shape index (κ3) is 2.30. The summed E-state index contributed by atoms with van der Waals surface area (Å²) in [5.74, 6) is 0.661. The van der Waals surface area contributed by atoms with Gasteiger partial charge in [0.2, 0.25) is 0 Å². The quantitative estimate of drug-likeness (QED) is 0.927. The molecular formula is C16H20N2O2. The van der Waals surface area contributed by atoms with Gasteiger partial charge in [-0.15, -0.1) is 0 Å². The minimum Gasteiger partial charge on any atom is -0.478 e. The number of rotatable bonds is 3. The standard InChI is InChI=1S/C16H20N2O2/c1-16(2,3)9-18-12-6-4-5-11(15(19)20)13(12)17-14(18)10-7-8-10/h4-6,10H,7-9H2,1-3H3,(H,19,20). The molecule has 1 aromatic carbocycles. The fourth-order valence-electron chi connectivity index (χ4n) is 2.63. The van der Waals surface area contributed by atoms with E-state index in [0.29, 0.717) is 17.0 Å². The monoisotopic (exact) mass is 272 g/mol. The molecule has 0 unspecified atom stereocenters. The van der Waals surface area contributed by atoms with Crippen LogP contribution in [0.5, 0.6) is 0 Å². The van der Waals surface area contributed by atoms with E-state index in [4.69, 9.17) is 0 Å². The van der Waals surface area contributed by atoms with Crippen molar-refractivity contribution in [1.29, 1.82) is 0 Å². The van der Waals surface area contributed by atoms with Crippen LogP contribution in [0.2, 0.25) is 0 Å². The van der Waals surface area contributed by atoms with Crippen LogP contribution in [-0.4, -0.2) is 20.6 Å². The lowest BCUT2D eigenvalue weighted by Gasteiger charge is -2.21. The zero-order chi connectivity index (χ0) is 14.5. The van der Waals surface area contributed by atoms with Crippen LogP contribution in [-0.2, 0) is 6.54 Å². The van der Waals surface area contributed by atoms with E-state index in [-0.39, 0.29) is 5.41 Å². The summed E-state index contributed by atoms with van der Waals surface area (Å²) >= 11 is 0. The maximum Gasteiger partial charge on any atom is 0.337 e. The van der Waals surface area contributed by atoms with Crippen molar-refractivity contribution in [3.05, 3.63) is 29.6 Å². The summed E-state index contributed by atoms with van der Waals surface area (Å²) in [6, 6.07) is 5.42. The maximum absolute atomic E-state index is 11.4. The van der Waals surface area contributed by atoms with Crippen LogP contribution >= 0.6 is 0 Å². The van der Waals surface area contributed by atoms with Gasteiger partial charge in [-0.25, -0.2) is 9.78 Å². The summed E-state index contributed by atoms with van der Waals surface area (Å²) in [6.45, 7) is 7.43. The molecule has 0 saturated heterocycles. The van der Waals surface area contributed by atoms with Crippen molar-refractivity contribution in [2.75, 3.05) is 0 Å². The van der Waals surface area contributed by atoms with Gasteiger partial charge in [-0.05, 0) is 30.4 Å². The number of carboxylic acid groups (broad SMARTS) is 1. The summed E-state index contributed by atoms with van der Waals surface area (Å²) in [4.78, 5) is 16.0. The first kappa shape index (κ1) is 13.2. The van der Waals surface area contributed by atoms with Crippen molar-refractivity contribution in [3.8, 4) is 0 Å². The number of carbonyl (C=O) groups is 1. The van der Waals surface area contributed by atoms with Crippen molar-refractivity contribution in [3.63, 3.8) is 0 Å². The minimum absolute atomic E-state index is 0.135. The van der Waals surface area contributed by atoms with Gasteiger partial charge in [-0.2, -0.15) is 0 Å². The third-order valence-corrected chi connectivity index (χ3v) is 3.61. The molecular weight excluding hydrogens is 252 g/mol. The predicted molar refractivity (Wildman–Crippen MR) is 78.1 cm³/mol. The number of nitrogens with zero attached hydrogens (tertiary/aromatic N) is 2. The summed E-state index contributed by atoms with van der Waals surface area (Å²) in [5.41, 5.74) is 2.01. The molecule has 1 heterocycles. The molecule has 2 aromatic rings. The van der Waals surface area contributed by atoms with Gasteiger partial charge in [-0.1, -0.05) is 26.8 Å². The average molecular weight is 272 g/mol. The Balaban J connectivity index is 2.22.